The Balaban J connectivity index is 2.09. The van der Waals surface area contributed by atoms with Crippen LogP contribution in [0, 0.1) is 18.6 Å². The third-order valence-electron chi connectivity index (χ3n) is 3.22. The molecule has 2 N–H and O–H groups in total. The zero-order valence-electron chi connectivity index (χ0n) is 11.3. The number of hydrogen-bond acceptors (Lipinski definition) is 2. The van der Waals surface area contributed by atoms with Gasteiger partial charge in [-0.25, -0.2) is 13.5 Å². The van der Waals surface area contributed by atoms with E-state index in [0.29, 0.717) is 5.69 Å². The van der Waals surface area contributed by atoms with E-state index in [2.05, 4.69) is 5.10 Å². The molecule has 2 aromatic carbocycles. The number of nitrogens with two attached hydrogens (primary N) is 1. The van der Waals surface area contributed by atoms with Gasteiger partial charge in [-0.05, 0) is 37.3 Å². The normalized spacial score (nSPS) is 10.8. The van der Waals surface area contributed by atoms with Crippen molar-refractivity contribution >= 4 is 5.69 Å². The van der Waals surface area contributed by atoms with E-state index in [0.717, 1.165) is 29.4 Å². The summed E-state index contributed by atoms with van der Waals surface area (Å²) in [6, 6.07) is 10.9. The molecule has 21 heavy (non-hydrogen) atoms. The van der Waals surface area contributed by atoms with Gasteiger partial charge in [0.05, 0.1) is 17.6 Å². The first-order valence-electron chi connectivity index (χ1n) is 6.42. The van der Waals surface area contributed by atoms with E-state index in [-0.39, 0.29) is 11.3 Å². The Morgan fingerprint density at radius 3 is 2.48 bits per heavy atom. The Morgan fingerprint density at radius 2 is 1.76 bits per heavy atom. The van der Waals surface area contributed by atoms with Crippen molar-refractivity contribution in [1.82, 2.24) is 9.78 Å². The number of halogens is 2. The molecule has 0 aliphatic rings. The van der Waals surface area contributed by atoms with Crippen molar-refractivity contribution in [2.45, 2.75) is 6.92 Å². The van der Waals surface area contributed by atoms with Crippen LogP contribution in [-0.2, 0) is 0 Å². The molecular weight excluding hydrogens is 272 g/mol. The maximum absolute atomic E-state index is 13.8. The largest absolute Gasteiger partial charge is 0.396 e. The van der Waals surface area contributed by atoms with Crippen LogP contribution in [0.5, 0.6) is 0 Å². The summed E-state index contributed by atoms with van der Waals surface area (Å²) in [7, 11) is 0. The molecule has 0 atom stereocenters. The highest BCUT2D eigenvalue weighted by Crippen LogP contribution is 2.28. The van der Waals surface area contributed by atoms with E-state index >= 15 is 0 Å². The number of nitrogens with zero attached hydrogens (tertiary/aromatic N) is 2. The SMILES string of the molecule is Cc1ccc(-n2cc(N)c(-c3cc(F)ccc3F)n2)cc1. The predicted molar refractivity (Wildman–Crippen MR) is 78.1 cm³/mol. The van der Waals surface area contributed by atoms with Gasteiger partial charge < -0.3 is 5.73 Å². The smallest absolute Gasteiger partial charge is 0.132 e. The molecule has 1 heterocycles. The van der Waals surface area contributed by atoms with E-state index in [1.807, 2.05) is 31.2 Å². The Kier molecular flexibility index (Phi) is 3.17. The monoisotopic (exact) mass is 285 g/mol. The molecule has 3 aromatic rings. The average Bonchev–Trinajstić information content (AvgIpc) is 2.84. The van der Waals surface area contributed by atoms with Gasteiger partial charge in [-0.15, -0.1) is 0 Å². The Labute approximate surface area is 120 Å². The van der Waals surface area contributed by atoms with Crippen LogP contribution in [0.4, 0.5) is 14.5 Å². The van der Waals surface area contributed by atoms with Crippen LogP contribution in [0.25, 0.3) is 16.9 Å². The fourth-order valence-electron chi connectivity index (χ4n) is 2.11. The highest BCUT2D eigenvalue weighted by molar-refractivity contribution is 5.73. The summed E-state index contributed by atoms with van der Waals surface area (Å²) in [5, 5.41) is 4.27. The molecule has 3 rings (SSSR count). The van der Waals surface area contributed by atoms with Gasteiger partial charge in [0.1, 0.15) is 17.3 Å². The van der Waals surface area contributed by atoms with Crippen LogP contribution in [0.2, 0.25) is 0 Å². The topological polar surface area (TPSA) is 43.8 Å². The first-order chi connectivity index (χ1) is 10.0. The van der Waals surface area contributed by atoms with Gasteiger partial charge in [-0.3, -0.25) is 0 Å². The summed E-state index contributed by atoms with van der Waals surface area (Å²) in [6.07, 6.45) is 1.59. The molecule has 0 aliphatic carbocycles. The lowest BCUT2D eigenvalue weighted by molar-refractivity contribution is 0.602. The first-order valence-corrected chi connectivity index (χ1v) is 6.42. The van der Waals surface area contributed by atoms with E-state index in [9.17, 15) is 8.78 Å². The average molecular weight is 285 g/mol. The molecule has 5 heteroatoms. The van der Waals surface area contributed by atoms with Gasteiger partial charge in [0.15, 0.2) is 0 Å². The van der Waals surface area contributed by atoms with Crippen molar-refractivity contribution in [2.24, 2.45) is 0 Å². The number of nitrogen functional groups attached to an aromatic ring is 1. The molecule has 0 bridgehead atoms. The second-order valence-electron chi connectivity index (χ2n) is 4.84. The third-order valence-corrected chi connectivity index (χ3v) is 3.22. The molecule has 0 radical (unpaired) electrons. The van der Waals surface area contributed by atoms with E-state index in [1.165, 1.54) is 0 Å². The first kappa shape index (κ1) is 13.3. The summed E-state index contributed by atoms with van der Waals surface area (Å²) in [4.78, 5) is 0. The van der Waals surface area contributed by atoms with Crippen LogP contribution >= 0.6 is 0 Å². The zero-order chi connectivity index (χ0) is 15.0. The predicted octanol–water partition coefficient (Wildman–Crippen LogP) is 3.71. The number of aromatic nitrogens is 2. The van der Waals surface area contributed by atoms with Gasteiger partial charge in [-0.1, -0.05) is 17.7 Å². The Morgan fingerprint density at radius 1 is 1.05 bits per heavy atom. The highest BCUT2D eigenvalue weighted by Gasteiger charge is 2.14. The minimum Gasteiger partial charge on any atom is -0.396 e. The molecule has 0 unspecified atom stereocenters. The maximum atomic E-state index is 13.8. The van der Waals surface area contributed by atoms with Crippen molar-refractivity contribution in [3.05, 3.63) is 65.9 Å². The number of hydrogen-bond donors (Lipinski definition) is 1. The zero-order valence-corrected chi connectivity index (χ0v) is 11.3. The van der Waals surface area contributed by atoms with Crippen LogP contribution in [-0.4, -0.2) is 9.78 Å². The molecule has 0 aliphatic heterocycles. The van der Waals surface area contributed by atoms with Crippen molar-refractivity contribution in [3.8, 4) is 16.9 Å². The molecular formula is C16H13F2N3. The van der Waals surface area contributed by atoms with E-state index in [1.54, 1.807) is 10.9 Å². The van der Waals surface area contributed by atoms with Gasteiger partial charge in [0, 0.05) is 5.56 Å². The van der Waals surface area contributed by atoms with Gasteiger partial charge >= 0.3 is 0 Å². The molecule has 0 spiro atoms. The number of benzene rings is 2. The fraction of sp³-hybridized carbons (Fsp3) is 0.0625. The molecule has 106 valence electrons. The number of aryl methyl sites for hydroxylation is 1. The summed E-state index contributed by atoms with van der Waals surface area (Å²) in [5.41, 5.74) is 8.38. The summed E-state index contributed by atoms with van der Waals surface area (Å²) in [5.74, 6) is -1.09. The second kappa shape index (κ2) is 5.01. The summed E-state index contributed by atoms with van der Waals surface area (Å²) >= 11 is 0. The fourth-order valence-corrected chi connectivity index (χ4v) is 2.11. The Hall–Kier alpha value is -2.69. The lowest BCUT2D eigenvalue weighted by Crippen LogP contribution is -1.95. The standard InChI is InChI=1S/C16H13F2N3/c1-10-2-5-12(6-3-10)21-9-15(19)16(20-21)13-8-11(17)4-7-14(13)18/h2-9H,19H2,1H3. The number of rotatable bonds is 2. The van der Waals surface area contributed by atoms with Crippen molar-refractivity contribution < 1.29 is 8.78 Å². The van der Waals surface area contributed by atoms with Crippen LogP contribution < -0.4 is 5.73 Å². The van der Waals surface area contributed by atoms with Crippen molar-refractivity contribution in [3.63, 3.8) is 0 Å². The lowest BCUT2D eigenvalue weighted by atomic mass is 10.1. The van der Waals surface area contributed by atoms with Crippen LogP contribution in [0.1, 0.15) is 5.56 Å². The number of anilines is 1. The summed E-state index contributed by atoms with van der Waals surface area (Å²) < 4.78 is 28.7. The van der Waals surface area contributed by atoms with Gasteiger partial charge in [0.25, 0.3) is 0 Å². The van der Waals surface area contributed by atoms with E-state index in [4.69, 9.17) is 5.73 Å². The van der Waals surface area contributed by atoms with Crippen molar-refractivity contribution in [1.29, 1.82) is 0 Å². The molecule has 0 saturated heterocycles. The van der Waals surface area contributed by atoms with Crippen LogP contribution in [0.15, 0.2) is 48.7 Å². The summed E-state index contributed by atoms with van der Waals surface area (Å²) in [6.45, 7) is 1.98. The van der Waals surface area contributed by atoms with Gasteiger partial charge in [0.2, 0.25) is 0 Å². The molecule has 3 nitrogen and oxygen atoms in total. The second-order valence-corrected chi connectivity index (χ2v) is 4.84. The van der Waals surface area contributed by atoms with Crippen LogP contribution in [0.3, 0.4) is 0 Å². The molecule has 0 saturated carbocycles. The lowest BCUT2D eigenvalue weighted by Gasteiger charge is -2.02. The Bertz CT molecular complexity index is 792. The molecule has 0 fully saturated rings. The molecule has 1 aromatic heterocycles. The maximum Gasteiger partial charge on any atom is 0.132 e. The minimum atomic E-state index is -0.558. The minimum absolute atomic E-state index is 0.0540. The highest BCUT2D eigenvalue weighted by atomic mass is 19.1. The quantitative estimate of drug-likeness (QED) is 0.780. The van der Waals surface area contributed by atoms with Crippen molar-refractivity contribution in [2.75, 3.05) is 5.73 Å². The van der Waals surface area contributed by atoms with Gasteiger partial charge in [-0.2, -0.15) is 5.10 Å². The van der Waals surface area contributed by atoms with E-state index < -0.39 is 11.6 Å². The third kappa shape index (κ3) is 2.50. The molecule has 0 amide bonds.